The number of amides is 1. The molecule has 1 aliphatic carbocycles. The molecule has 1 N–H and O–H groups in total. The molecular formula is C14H21NO3. The molecule has 1 fully saturated rings. The van der Waals surface area contributed by atoms with Gasteiger partial charge in [0.25, 0.3) is 0 Å². The van der Waals surface area contributed by atoms with Gasteiger partial charge in [0.05, 0.1) is 5.41 Å². The molecule has 1 saturated heterocycles. The number of hydrogen-bond acceptors (Lipinski definition) is 2. The van der Waals surface area contributed by atoms with Gasteiger partial charge in [-0.1, -0.05) is 12.2 Å². The monoisotopic (exact) mass is 251 g/mol. The van der Waals surface area contributed by atoms with Crippen molar-refractivity contribution in [1.82, 2.24) is 4.90 Å². The zero-order valence-electron chi connectivity index (χ0n) is 10.9. The second-order valence-corrected chi connectivity index (χ2v) is 5.67. The van der Waals surface area contributed by atoms with E-state index in [4.69, 9.17) is 5.11 Å². The quantitative estimate of drug-likeness (QED) is 0.764. The van der Waals surface area contributed by atoms with Gasteiger partial charge in [-0.15, -0.1) is 0 Å². The average Bonchev–Trinajstić information content (AvgIpc) is 2.40. The van der Waals surface area contributed by atoms with Gasteiger partial charge in [-0.2, -0.15) is 0 Å². The van der Waals surface area contributed by atoms with E-state index in [1.807, 2.05) is 4.90 Å². The maximum atomic E-state index is 12.3. The first-order valence-electron chi connectivity index (χ1n) is 6.70. The smallest absolute Gasteiger partial charge is 0.309 e. The molecule has 2 aliphatic rings. The minimum absolute atomic E-state index is 0.115. The molecule has 100 valence electrons. The van der Waals surface area contributed by atoms with Gasteiger partial charge in [0.2, 0.25) is 5.91 Å². The Labute approximate surface area is 108 Å². The van der Waals surface area contributed by atoms with Crippen molar-refractivity contribution in [2.24, 2.45) is 11.3 Å². The van der Waals surface area contributed by atoms with Gasteiger partial charge < -0.3 is 10.0 Å². The fourth-order valence-electron chi connectivity index (χ4n) is 2.71. The minimum Gasteiger partial charge on any atom is -0.481 e. The Bertz CT molecular complexity index is 367. The summed E-state index contributed by atoms with van der Waals surface area (Å²) in [5.41, 5.74) is -0.650. The van der Waals surface area contributed by atoms with Crippen molar-refractivity contribution in [2.75, 3.05) is 13.1 Å². The van der Waals surface area contributed by atoms with E-state index in [2.05, 4.69) is 12.2 Å². The number of likely N-dealkylation sites (tertiary alicyclic amines) is 1. The van der Waals surface area contributed by atoms with Gasteiger partial charge in [0, 0.05) is 19.0 Å². The lowest BCUT2D eigenvalue weighted by molar-refractivity contribution is -0.153. The molecule has 1 unspecified atom stereocenters. The summed E-state index contributed by atoms with van der Waals surface area (Å²) >= 11 is 0. The number of aliphatic carboxylic acids is 1. The van der Waals surface area contributed by atoms with E-state index in [1.54, 1.807) is 6.92 Å². The number of carboxylic acid groups (broad SMARTS) is 1. The Balaban J connectivity index is 1.91. The molecule has 1 aliphatic heterocycles. The zero-order chi connectivity index (χ0) is 13.2. The standard InChI is InChI=1S/C14H21NO3/c1-14(13(17)18)7-9-15(10-8-14)12(16)11-5-3-2-4-6-11/h2-3,11H,4-10H2,1H3,(H,17,18). The summed E-state index contributed by atoms with van der Waals surface area (Å²) in [7, 11) is 0. The summed E-state index contributed by atoms with van der Waals surface area (Å²) in [6.07, 6.45) is 8.09. The zero-order valence-corrected chi connectivity index (χ0v) is 10.9. The molecule has 0 bridgehead atoms. The molecule has 1 atom stereocenters. The third kappa shape index (κ3) is 2.57. The Morgan fingerprint density at radius 1 is 1.28 bits per heavy atom. The molecule has 4 heteroatoms. The second kappa shape index (κ2) is 5.12. The molecule has 2 rings (SSSR count). The van der Waals surface area contributed by atoms with E-state index >= 15 is 0 Å². The highest BCUT2D eigenvalue weighted by atomic mass is 16.4. The molecule has 1 heterocycles. The van der Waals surface area contributed by atoms with E-state index in [0.29, 0.717) is 25.9 Å². The van der Waals surface area contributed by atoms with Gasteiger partial charge in [0.1, 0.15) is 0 Å². The van der Waals surface area contributed by atoms with E-state index in [-0.39, 0.29) is 11.8 Å². The van der Waals surface area contributed by atoms with Crippen molar-refractivity contribution >= 4 is 11.9 Å². The highest BCUT2D eigenvalue weighted by molar-refractivity contribution is 5.80. The summed E-state index contributed by atoms with van der Waals surface area (Å²) in [5, 5.41) is 9.16. The van der Waals surface area contributed by atoms with Crippen LogP contribution in [0.25, 0.3) is 0 Å². The van der Waals surface area contributed by atoms with Crippen LogP contribution in [0.1, 0.15) is 39.0 Å². The summed E-state index contributed by atoms with van der Waals surface area (Å²) in [5.74, 6) is -0.411. The van der Waals surface area contributed by atoms with Crippen LogP contribution in [-0.2, 0) is 9.59 Å². The van der Waals surface area contributed by atoms with Crippen LogP contribution in [0, 0.1) is 11.3 Å². The number of carbonyl (C=O) groups excluding carboxylic acids is 1. The summed E-state index contributed by atoms with van der Waals surface area (Å²) in [4.78, 5) is 25.3. The number of rotatable bonds is 2. The number of carbonyl (C=O) groups is 2. The lowest BCUT2D eigenvalue weighted by atomic mass is 9.80. The Hall–Kier alpha value is -1.32. The lowest BCUT2D eigenvalue weighted by Gasteiger charge is -2.38. The fourth-order valence-corrected chi connectivity index (χ4v) is 2.71. The first kappa shape index (κ1) is 13.1. The van der Waals surface area contributed by atoms with Crippen LogP contribution in [0.15, 0.2) is 12.2 Å². The molecular weight excluding hydrogens is 230 g/mol. The Kier molecular flexibility index (Phi) is 3.73. The van der Waals surface area contributed by atoms with Crippen molar-refractivity contribution in [3.8, 4) is 0 Å². The van der Waals surface area contributed by atoms with Gasteiger partial charge in [-0.05, 0) is 39.0 Å². The molecule has 0 spiro atoms. The Morgan fingerprint density at radius 2 is 1.94 bits per heavy atom. The van der Waals surface area contributed by atoms with Crippen LogP contribution in [0.5, 0.6) is 0 Å². The maximum absolute atomic E-state index is 12.3. The summed E-state index contributed by atoms with van der Waals surface area (Å²) < 4.78 is 0. The number of nitrogens with zero attached hydrogens (tertiary/aromatic N) is 1. The topological polar surface area (TPSA) is 57.6 Å². The van der Waals surface area contributed by atoms with Crippen LogP contribution in [-0.4, -0.2) is 35.0 Å². The third-order valence-corrected chi connectivity index (χ3v) is 4.31. The third-order valence-electron chi connectivity index (χ3n) is 4.31. The number of allylic oxidation sites excluding steroid dienone is 2. The number of hydrogen-bond donors (Lipinski definition) is 1. The largest absolute Gasteiger partial charge is 0.481 e. The van der Waals surface area contributed by atoms with E-state index < -0.39 is 11.4 Å². The van der Waals surface area contributed by atoms with Crippen molar-refractivity contribution in [1.29, 1.82) is 0 Å². The number of carboxylic acids is 1. The van der Waals surface area contributed by atoms with Crippen molar-refractivity contribution in [2.45, 2.75) is 39.0 Å². The van der Waals surface area contributed by atoms with Crippen LogP contribution in [0.2, 0.25) is 0 Å². The predicted molar refractivity (Wildman–Crippen MR) is 68.0 cm³/mol. The van der Waals surface area contributed by atoms with E-state index in [0.717, 1.165) is 19.3 Å². The minimum atomic E-state index is -0.741. The van der Waals surface area contributed by atoms with Crippen molar-refractivity contribution < 1.29 is 14.7 Å². The summed E-state index contributed by atoms with van der Waals surface area (Å²) in [6, 6.07) is 0. The van der Waals surface area contributed by atoms with Gasteiger partial charge >= 0.3 is 5.97 Å². The van der Waals surface area contributed by atoms with Crippen LogP contribution >= 0.6 is 0 Å². The van der Waals surface area contributed by atoms with Crippen molar-refractivity contribution in [3.05, 3.63) is 12.2 Å². The van der Waals surface area contributed by atoms with Gasteiger partial charge in [-0.3, -0.25) is 9.59 Å². The molecule has 1 amide bonds. The Morgan fingerprint density at radius 3 is 2.44 bits per heavy atom. The highest BCUT2D eigenvalue weighted by Gasteiger charge is 2.39. The molecule has 0 aromatic carbocycles. The SMILES string of the molecule is CC1(C(=O)O)CCN(C(=O)C2CC=CCC2)CC1. The average molecular weight is 251 g/mol. The summed E-state index contributed by atoms with van der Waals surface area (Å²) in [6.45, 7) is 2.95. The van der Waals surface area contributed by atoms with Crippen LogP contribution in [0.4, 0.5) is 0 Å². The molecule has 0 saturated carbocycles. The van der Waals surface area contributed by atoms with Crippen LogP contribution < -0.4 is 0 Å². The van der Waals surface area contributed by atoms with E-state index in [9.17, 15) is 9.59 Å². The predicted octanol–water partition coefficient (Wildman–Crippen LogP) is 2.06. The highest BCUT2D eigenvalue weighted by Crippen LogP contribution is 2.32. The second-order valence-electron chi connectivity index (χ2n) is 5.67. The number of piperidine rings is 1. The maximum Gasteiger partial charge on any atom is 0.309 e. The normalized spacial score (nSPS) is 26.9. The van der Waals surface area contributed by atoms with Gasteiger partial charge in [0.15, 0.2) is 0 Å². The first-order chi connectivity index (χ1) is 8.53. The molecule has 18 heavy (non-hydrogen) atoms. The van der Waals surface area contributed by atoms with Crippen molar-refractivity contribution in [3.63, 3.8) is 0 Å². The molecule has 0 radical (unpaired) electrons. The van der Waals surface area contributed by atoms with Crippen LogP contribution in [0.3, 0.4) is 0 Å². The molecule has 0 aromatic rings. The lowest BCUT2D eigenvalue weighted by Crippen LogP contribution is -2.47. The molecule has 4 nitrogen and oxygen atoms in total. The fraction of sp³-hybridized carbons (Fsp3) is 0.714. The van der Waals surface area contributed by atoms with Gasteiger partial charge in [-0.25, -0.2) is 0 Å². The molecule has 0 aromatic heterocycles. The van der Waals surface area contributed by atoms with E-state index in [1.165, 1.54) is 0 Å². The first-order valence-corrected chi connectivity index (χ1v) is 6.70.